The first-order valence-electron chi connectivity index (χ1n) is 9.60. The summed E-state index contributed by atoms with van der Waals surface area (Å²) >= 11 is 0. The van der Waals surface area contributed by atoms with Gasteiger partial charge in [-0.3, -0.25) is 9.48 Å². The van der Waals surface area contributed by atoms with Crippen LogP contribution in [0.15, 0.2) is 54.6 Å². The number of carboxylic acids is 1. The van der Waals surface area contributed by atoms with Gasteiger partial charge in [-0.25, -0.2) is 9.59 Å². The van der Waals surface area contributed by atoms with Crippen LogP contribution in [0.5, 0.6) is 0 Å². The number of benzene rings is 2. The second-order valence-electron chi connectivity index (χ2n) is 7.07. The molecule has 0 saturated carbocycles. The van der Waals surface area contributed by atoms with Gasteiger partial charge >= 0.3 is 12.1 Å². The number of ether oxygens (including phenoxy) is 1. The van der Waals surface area contributed by atoms with Crippen LogP contribution in [0.1, 0.15) is 27.5 Å². The van der Waals surface area contributed by atoms with E-state index in [0.717, 1.165) is 26.9 Å². The number of amides is 2. The summed E-state index contributed by atoms with van der Waals surface area (Å²) in [4.78, 5) is 35.2. The fourth-order valence-electron chi connectivity index (χ4n) is 3.72. The highest BCUT2D eigenvalue weighted by Gasteiger charge is 2.29. The quantitative estimate of drug-likeness (QED) is 0.563. The van der Waals surface area contributed by atoms with Crippen molar-refractivity contribution in [1.29, 1.82) is 0 Å². The summed E-state index contributed by atoms with van der Waals surface area (Å²) < 4.78 is 6.50. The molecule has 1 heterocycles. The first kappa shape index (κ1) is 20.1. The third-order valence-corrected chi connectivity index (χ3v) is 5.10. The van der Waals surface area contributed by atoms with Gasteiger partial charge in [-0.2, -0.15) is 5.10 Å². The van der Waals surface area contributed by atoms with Crippen LogP contribution in [0.3, 0.4) is 0 Å². The van der Waals surface area contributed by atoms with Crippen LogP contribution in [0.4, 0.5) is 10.6 Å². The zero-order chi connectivity index (χ0) is 22.0. The smallest absolute Gasteiger partial charge is 0.407 e. The first-order valence-corrected chi connectivity index (χ1v) is 9.60. The van der Waals surface area contributed by atoms with Crippen LogP contribution < -0.4 is 10.6 Å². The van der Waals surface area contributed by atoms with Crippen molar-refractivity contribution in [2.75, 3.05) is 18.5 Å². The van der Waals surface area contributed by atoms with Gasteiger partial charge in [0.05, 0.1) is 0 Å². The molecule has 158 valence electrons. The minimum atomic E-state index is -1.16. The summed E-state index contributed by atoms with van der Waals surface area (Å²) in [6, 6.07) is 17.2. The lowest BCUT2D eigenvalue weighted by molar-refractivity contribution is -0.115. The molecule has 0 bridgehead atoms. The molecule has 0 fully saturated rings. The lowest BCUT2D eigenvalue weighted by Gasteiger charge is -2.14. The van der Waals surface area contributed by atoms with Gasteiger partial charge in [0.1, 0.15) is 18.8 Å². The first-order chi connectivity index (χ1) is 14.9. The molecule has 3 aromatic rings. The lowest BCUT2D eigenvalue weighted by atomic mass is 9.98. The molecule has 0 saturated heterocycles. The second kappa shape index (κ2) is 8.31. The molecule has 2 aromatic carbocycles. The van der Waals surface area contributed by atoms with Crippen molar-refractivity contribution in [1.82, 2.24) is 15.1 Å². The predicted octanol–water partition coefficient (Wildman–Crippen LogP) is 2.60. The number of rotatable bonds is 6. The van der Waals surface area contributed by atoms with Gasteiger partial charge in [-0.05, 0) is 22.3 Å². The molecule has 1 aromatic heterocycles. The van der Waals surface area contributed by atoms with Crippen LogP contribution in [-0.4, -0.2) is 46.0 Å². The normalized spacial score (nSPS) is 12.0. The fraction of sp³-hybridized carbons (Fsp3) is 0.182. The Morgan fingerprint density at radius 3 is 2.26 bits per heavy atom. The Hall–Kier alpha value is -4.14. The highest BCUT2D eigenvalue weighted by molar-refractivity contribution is 5.94. The van der Waals surface area contributed by atoms with Crippen molar-refractivity contribution in [3.05, 3.63) is 71.4 Å². The number of fused-ring (bicyclic) bond motifs is 3. The number of hydrogen-bond donors (Lipinski definition) is 3. The van der Waals surface area contributed by atoms with Gasteiger partial charge < -0.3 is 20.5 Å². The summed E-state index contributed by atoms with van der Waals surface area (Å²) in [5.41, 5.74) is 4.38. The molecule has 0 aliphatic heterocycles. The SMILES string of the molecule is Cn1nc(NC(=O)CNC(=O)OCC2c3ccccc3-c3ccccc32)cc1C(=O)O. The van der Waals surface area contributed by atoms with E-state index in [4.69, 9.17) is 9.84 Å². The number of carbonyl (C=O) groups is 3. The standard InChI is InChI=1S/C22H20N4O5/c1-26-18(21(28)29)10-19(25-26)24-20(27)11-23-22(30)31-12-17-15-8-4-2-6-13(15)14-7-3-5-9-16(14)17/h2-10,17H,11-12H2,1H3,(H,23,30)(H,28,29)(H,24,25,27). The average molecular weight is 420 g/mol. The van der Waals surface area contributed by atoms with Crippen LogP contribution in [-0.2, 0) is 16.6 Å². The molecular formula is C22H20N4O5. The number of hydrogen-bond acceptors (Lipinski definition) is 5. The number of nitrogens with one attached hydrogen (secondary N) is 2. The van der Waals surface area contributed by atoms with Gasteiger partial charge in [0.2, 0.25) is 5.91 Å². The molecule has 0 atom stereocenters. The average Bonchev–Trinajstić information content (AvgIpc) is 3.28. The second-order valence-corrected chi connectivity index (χ2v) is 7.07. The van der Waals surface area contributed by atoms with E-state index in [9.17, 15) is 14.4 Å². The summed E-state index contributed by atoms with van der Waals surface area (Å²) in [6.45, 7) is -0.195. The van der Waals surface area contributed by atoms with Gasteiger partial charge in [-0.1, -0.05) is 48.5 Å². The van der Waals surface area contributed by atoms with E-state index in [-0.39, 0.29) is 30.6 Å². The van der Waals surface area contributed by atoms with Crippen LogP contribution in [0, 0.1) is 0 Å². The summed E-state index contributed by atoms with van der Waals surface area (Å²) in [7, 11) is 1.45. The van der Waals surface area contributed by atoms with Crippen molar-refractivity contribution >= 4 is 23.8 Å². The number of aromatic nitrogens is 2. The van der Waals surface area contributed by atoms with E-state index in [1.54, 1.807) is 0 Å². The van der Waals surface area contributed by atoms with Gasteiger partial charge in [0.15, 0.2) is 5.82 Å². The maximum atomic E-state index is 12.1. The highest BCUT2D eigenvalue weighted by atomic mass is 16.5. The number of aryl methyl sites for hydroxylation is 1. The molecule has 0 unspecified atom stereocenters. The Labute approximate surface area is 177 Å². The molecule has 9 nitrogen and oxygen atoms in total. The molecular weight excluding hydrogens is 400 g/mol. The Morgan fingerprint density at radius 1 is 1.06 bits per heavy atom. The molecule has 0 radical (unpaired) electrons. The summed E-state index contributed by atoms with van der Waals surface area (Å²) in [6.07, 6.45) is -0.718. The molecule has 31 heavy (non-hydrogen) atoms. The number of carboxylic acid groups (broad SMARTS) is 1. The number of aromatic carboxylic acids is 1. The van der Waals surface area contributed by atoms with Crippen LogP contribution in [0.25, 0.3) is 11.1 Å². The van der Waals surface area contributed by atoms with E-state index in [1.165, 1.54) is 13.1 Å². The largest absolute Gasteiger partial charge is 0.477 e. The van der Waals surface area contributed by atoms with Gasteiger partial charge in [0, 0.05) is 19.0 Å². The summed E-state index contributed by atoms with van der Waals surface area (Å²) in [5.74, 6) is -1.70. The number of alkyl carbamates (subject to hydrolysis) is 1. The number of carbonyl (C=O) groups excluding carboxylic acids is 2. The Kier molecular flexibility index (Phi) is 5.40. The van der Waals surface area contributed by atoms with E-state index >= 15 is 0 Å². The maximum Gasteiger partial charge on any atom is 0.407 e. The minimum Gasteiger partial charge on any atom is -0.477 e. The monoisotopic (exact) mass is 420 g/mol. The van der Waals surface area contributed by atoms with Crippen molar-refractivity contribution < 1.29 is 24.2 Å². The molecule has 0 spiro atoms. The van der Waals surface area contributed by atoms with Crippen LogP contribution in [0.2, 0.25) is 0 Å². The molecule has 2 amide bonds. The maximum absolute atomic E-state index is 12.1. The fourth-order valence-corrected chi connectivity index (χ4v) is 3.72. The number of anilines is 1. The zero-order valence-electron chi connectivity index (χ0n) is 16.7. The van der Waals surface area contributed by atoms with Crippen molar-refractivity contribution in [3.63, 3.8) is 0 Å². The van der Waals surface area contributed by atoms with Crippen molar-refractivity contribution in [2.24, 2.45) is 7.05 Å². The third kappa shape index (κ3) is 4.11. The van der Waals surface area contributed by atoms with E-state index < -0.39 is 18.0 Å². The van der Waals surface area contributed by atoms with E-state index in [1.807, 2.05) is 48.5 Å². The minimum absolute atomic E-state index is 0.0696. The highest BCUT2D eigenvalue weighted by Crippen LogP contribution is 2.44. The van der Waals surface area contributed by atoms with E-state index in [0.29, 0.717) is 0 Å². The molecule has 4 rings (SSSR count). The van der Waals surface area contributed by atoms with E-state index in [2.05, 4.69) is 15.7 Å². The van der Waals surface area contributed by atoms with Gasteiger partial charge in [-0.15, -0.1) is 0 Å². The Bertz CT molecular complexity index is 1120. The van der Waals surface area contributed by atoms with Crippen molar-refractivity contribution in [2.45, 2.75) is 5.92 Å². The topological polar surface area (TPSA) is 123 Å². The number of nitrogens with zero attached hydrogens (tertiary/aromatic N) is 2. The lowest BCUT2D eigenvalue weighted by Crippen LogP contribution is -2.34. The van der Waals surface area contributed by atoms with Crippen LogP contribution >= 0.6 is 0 Å². The molecule has 1 aliphatic rings. The molecule has 9 heteroatoms. The molecule has 1 aliphatic carbocycles. The third-order valence-electron chi connectivity index (χ3n) is 5.10. The van der Waals surface area contributed by atoms with Gasteiger partial charge in [0.25, 0.3) is 0 Å². The predicted molar refractivity (Wildman–Crippen MR) is 112 cm³/mol. The zero-order valence-corrected chi connectivity index (χ0v) is 16.7. The Balaban J connectivity index is 1.31. The Morgan fingerprint density at radius 2 is 1.68 bits per heavy atom. The summed E-state index contributed by atoms with van der Waals surface area (Å²) in [5, 5.41) is 17.7. The van der Waals surface area contributed by atoms with Crippen molar-refractivity contribution in [3.8, 4) is 11.1 Å². The molecule has 3 N–H and O–H groups in total.